The van der Waals surface area contributed by atoms with Crippen LogP contribution in [0.15, 0.2) is 24.3 Å². The van der Waals surface area contributed by atoms with Crippen molar-refractivity contribution in [3.8, 4) is 0 Å². The minimum atomic E-state index is -1.21. The van der Waals surface area contributed by atoms with Crippen LogP contribution in [0.25, 0.3) is 0 Å². The van der Waals surface area contributed by atoms with Crippen molar-refractivity contribution in [2.24, 2.45) is 0 Å². The molecule has 43 heavy (non-hydrogen) atoms. The summed E-state index contributed by atoms with van der Waals surface area (Å²) in [6.07, 6.45) is 0. The second-order valence-corrected chi connectivity index (χ2v) is 13.7. The lowest BCUT2D eigenvalue weighted by Crippen LogP contribution is -2.65. The summed E-state index contributed by atoms with van der Waals surface area (Å²) in [5.74, 6) is -0.939. The zero-order valence-corrected chi connectivity index (χ0v) is 28.2. The Morgan fingerprint density at radius 3 is 2.37 bits per heavy atom. The second-order valence-electron chi connectivity index (χ2n) is 11.9. The number of urea groups is 1. The van der Waals surface area contributed by atoms with Gasteiger partial charge in [0.15, 0.2) is 0 Å². The van der Waals surface area contributed by atoms with Crippen molar-refractivity contribution < 1.29 is 19.2 Å². The Morgan fingerprint density at radius 2 is 1.74 bits per heavy atom. The number of thiophene rings is 1. The monoisotopic (exact) mass is 652 g/mol. The van der Waals surface area contributed by atoms with Gasteiger partial charge in [-0.3, -0.25) is 19.7 Å². The Hall–Kier alpha value is -2.86. The van der Waals surface area contributed by atoms with Crippen LogP contribution in [0.2, 0.25) is 10.0 Å². The molecule has 1 fully saturated rings. The number of carbonyl (C=O) groups is 4. The number of carbonyl (C=O) groups excluding carboxylic acids is 4. The second kappa shape index (κ2) is 14.3. The Morgan fingerprint density at radius 1 is 1.07 bits per heavy atom. The number of nitrogens with one attached hydrogen (secondary N) is 3. The number of amides is 5. The van der Waals surface area contributed by atoms with Crippen LogP contribution in [-0.2, 0) is 15.0 Å². The third-order valence-electron chi connectivity index (χ3n) is 7.43. The minimum absolute atomic E-state index is 0.0752. The molecule has 1 aromatic carbocycles. The van der Waals surface area contributed by atoms with Crippen molar-refractivity contribution in [3.05, 3.63) is 44.8 Å². The Balaban J connectivity index is 1.76. The van der Waals surface area contributed by atoms with Crippen molar-refractivity contribution in [3.63, 3.8) is 0 Å². The van der Waals surface area contributed by atoms with Crippen LogP contribution in [0.5, 0.6) is 0 Å². The molecule has 3 N–H and O–H groups in total. The van der Waals surface area contributed by atoms with E-state index in [-0.39, 0.29) is 53.4 Å². The van der Waals surface area contributed by atoms with Crippen LogP contribution in [0.3, 0.4) is 0 Å². The lowest BCUT2D eigenvalue weighted by atomic mass is 9.93. The highest BCUT2D eigenvalue weighted by molar-refractivity contribution is 7.16. The summed E-state index contributed by atoms with van der Waals surface area (Å²) in [7, 11) is 0. The van der Waals surface area contributed by atoms with E-state index in [0.717, 1.165) is 24.5 Å². The highest BCUT2D eigenvalue weighted by Crippen LogP contribution is 2.38. The van der Waals surface area contributed by atoms with Crippen molar-refractivity contribution in [2.75, 3.05) is 56.4 Å². The quantitative estimate of drug-likeness (QED) is 0.313. The van der Waals surface area contributed by atoms with Crippen LogP contribution in [0, 0.1) is 0 Å². The number of hydrogen-bond acceptors (Lipinski definition) is 6. The van der Waals surface area contributed by atoms with Crippen LogP contribution < -0.4 is 16.0 Å². The summed E-state index contributed by atoms with van der Waals surface area (Å²) in [5.41, 5.74) is -0.901. The van der Waals surface area contributed by atoms with Crippen LogP contribution >= 0.6 is 34.5 Å². The molecule has 1 aliphatic rings. The molecule has 0 unspecified atom stereocenters. The Kier molecular flexibility index (Phi) is 11.5. The average Bonchev–Trinajstić information content (AvgIpc) is 3.36. The molecule has 1 aliphatic heterocycles. The predicted molar refractivity (Wildman–Crippen MR) is 175 cm³/mol. The van der Waals surface area contributed by atoms with Gasteiger partial charge < -0.3 is 25.3 Å². The highest BCUT2D eigenvalue weighted by atomic mass is 35.5. The van der Waals surface area contributed by atoms with Gasteiger partial charge in [-0.05, 0) is 50.6 Å². The third kappa shape index (κ3) is 8.41. The first-order valence-corrected chi connectivity index (χ1v) is 15.9. The molecule has 0 saturated carbocycles. The molecule has 0 radical (unpaired) electrons. The first-order valence-electron chi connectivity index (χ1n) is 14.4. The Bertz CT molecular complexity index is 1350. The van der Waals surface area contributed by atoms with E-state index < -0.39 is 11.6 Å². The topological polar surface area (TPSA) is 114 Å². The van der Waals surface area contributed by atoms with E-state index in [1.807, 2.05) is 20.8 Å². The average molecular weight is 654 g/mol. The van der Waals surface area contributed by atoms with Crippen LogP contribution in [0.1, 0.15) is 63.7 Å². The summed E-state index contributed by atoms with van der Waals surface area (Å²) in [6, 6.07) is 6.07. The molecular formula is C30H42Cl2N6O4S. The summed E-state index contributed by atoms with van der Waals surface area (Å²) in [4.78, 5) is 59.2. The lowest BCUT2D eigenvalue weighted by Gasteiger charge is -2.45. The van der Waals surface area contributed by atoms with Gasteiger partial charge in [0.2, 0.25) is 11.8 Å². The van der Waals surface area contributed by atoms with Crippen molar-refractivity contribution >= 4 is 69.0 Å². The number of nitrogens with zero attached hydrogens (tertiary/aromatic N) is 3. The molecule has 10 nitrogen and oxygen atoms in total. The number of hydrogen-bond donors (Lipinski definition) is 3. The molecule has 1 saturated heterocycles. The van der Waals surface area contributed by atoms with Crippen molar-refractivity contribution in [1.82, 2.24) is 20.0 Å². The van der Waals surface area contributed by atoms with Gasteiger partial charge in [-0.1, -0.05) is 63.9 Å². The van der Waals surface area contributed by atoms with Gasteiger partial charge in [0.1, 0.15) is 10.5 Å². The van der Waals surface area contributed by atoms with Gasteiger partial charge in [-0.15, -0.1) is 11.3 Å². The van der Waals surface area contributed by atoms with Crippen molar-refractivity contribution in [1.29, 1.82) is 0 Å². The van der Waals surface area contributed by atoms with Gasteiger partial charge in [-0.2, -0.15) is 0 Å². The van der Waals surface area contributed by atoms with Gasteiger partial charge in [0.25, 0.3) is 5.91 Å². The molecule has 0 spiro atoms. The standard InChI is InChI=1S/C30H42Cl2N6O4S/c1-8-36(9-2)14-13-33-23(39)18-37-15-16-38(30(6,7)27(37)41)26(40)19-17-22(29(3,4)5)43-25(19)35-28(42)34-21-12-10-11-20(31)24(21)32/h10-12,17H,8-9,13-16,18H2,1-7H3,(H,33,39)(H2,34,35,42). The first kappa shape index (κ1) is 34.6. The maximum atomic E-state index is 14.0. The van der Waals surface area contributed by atoms with E-state index >= 15 is 0 Å². The van der Waals surface area contributed by atoms with Gasteiger partial charge in [-0.25, -0.2) is 4.79 Å². The largest absolute Gasteiger partial charge is 0.353 e. The predicted octanol–water partition coefficient (Wildman–Crippen LogP) is 5.52. The molecule has 3 rings (SSSR count). The van der Waals surface area contributed by atoms with Gasteiger partial charge in [0, 0.05) is 31.1 Å². The molecular weight excluding hydrogens is 611 g/mol. The zero-order valence-electron chi connectivity index (χ0n) is 25.9. The first-order chi connectivity index (χ1) is 20.1. The highest BCUT2D eigenvalue weighted by Gasteiger charge is 2.45. The van der Waals surface area contributed by atoms with Gasteiger partial charge >= 0.3 is 6.03 Å². The Labute approximate surface area is 268 Å². The fourth-order valence-electron chi connectivity index (χ4n) is 4.75. The number of halogens is 2. The molecule has 13 heteroatoms. The van der Waals surface area contributed by atoms with E-state index in [0.29, 0.717) is 22.3 Å². The lowest BCUT2D eigenvalue weighted by molar-refractivity contribution is -0.149. The van der Waals surface area contributed by atoms with Gasteiger partial charge in [0.05, 0.1) is 27.8 Å². The smallest absolute Gasteiger partial charge is 0.324 e. The molecule has 2 heterocycles. The molecule has 1 aromatic heterocycles. The van der Waals surface area contributed by atoms with E-state index in [2.05, 4.69) is 34.7 Å². The maximum absolute atomic E-state index is 14.0. The summed E-state index contributed by atoms with van der Waals surface area (Å²) < 4.78 is 0. The summed E-state index contributed by atoms with van der Waals surface area (Å²) >= 11 is 13.6. The molecule has 236 valence electrons. The van der Waals surface area contributed by atoms with E-state index in [4.69, 9.17) is 23.2 Å². The fourth-order valence-corrected chi connectivity index (χ4v) is 6.20. The number of piperazine rings is 1. The third-order valence-corrected chi connectivity index (χ3v) is 9.73. The normalized spacial score (nSPS) is 15.1. The molecule has 5 amide bonds. The number of benzene rings is 1. The molecule has 0 aliphatic carbocycles. The van der Waals surface area contributed by atoms with Crippen LogP contribution in [-0.4, -0.2) is 89.8 Å². The number of rotatable bonds is 10. The molecule has 0 atom stereocenters. The number of likely N-dealkylation sites (N-methyl/N-ethyl adjacent to an activating group) is 1. The minimum Gasteiger partial charge on any atom is -0.353 e. The zero-order chi connectivity index (χ0) is 32.1. The van der Waals surface area contributed by atoms with E-state index in [9.17, 15) is 19.2 Å². The van der Waals surface area contributed by atoms with Crippen molar-refractivity contribution in [2.45, 2.75) is 59.4 Å². The summed E-state index contributed by atoms with van der Waals surface area (Å²) in [5, 5.41) is 9.21. The summed E-state index contributed by atoms with van der Waals surface area (Å²) in [6.45, 7) is 16.9. The molecule has 2 aromatic rings. The maximum Gasteiger partial charge on any atom is 0.324 e. The van der Waals surface area contributed by atoms with E-state index in [1.165, 1.54) is 21.1 Å². The van der Waals surface area contributed by atoms with E-state index in [1.54, 1.807) is 38.1 Å². The molecule has 0 bridgehead atoms. The SMILES string of the molecule is CCN(CC)CCNC(=O)CN1CCN(C(=O)c2cc(C(C)(C)C)sc2NC(=O)Nc2cccc(Cl)c2Cl)C(C)(C)C1=O. The van der Waals surface area contributed by atoms with Crippen LogP contribution in [0.4, 0.5) is 15.5 Å². The fraction of sp³-hybridized carbons (Fsp3) is 0.533. The number of anilines is 2.